The number of rotatable bonds is 6. The van der Waals surface area contributed by atoms with Crippen molar-refractivity contribution in [2.75, 3.05) is 6.61 Å². The van der Waals surface area contributed by atoms with E-state index in [9.17, 15) is 4.79 Å². The minimum atomic E-state index is -0.212. The van der Waals surface area contributed by atoms with Crippen molar-refractivity contribution in [1.82, 2.24) is 0 Å². The summed E-state index contributed by atoms with van der Waals surface area (Å²) in [6, 6.07) is 5.03. The second kappa shape index (κ2) is 7.49. The second-order valence-electron chi connectivity index (χ2n) is 4.07. The van der Waals surface area contributed by atoms with Gasteiger partial charge in [0.1, 0.15) is 5.75 Å². The molecule has 1 aromatic carbocycles. The minimum absolute atomic E-state index is 0.0795. The molecule has 0 saturated carbocycles. The van der Waals surface area contributed by atoms with Crippen LogP contribution >= 0.6 is 23.2 Å². The molecule has 0 bridgehead atoms. The highest BCUT2D eigenvalue weighted by Crippen LogP contribution is 2.27. The van der Waals surface area contributed by atoms with Gasteiger partial charge in [-0.25, -0.2) is 0 Å². The van der Waals surface area contributed by atoms with Crippen LogP contribution in [0, 0.1) is 0 Å². The van der Waals surface area contributed by atoms with Gasteiger partial charge in [0.05, 0.1) is 17.7 Å². The van der Waals surface area contributed by atoms with Gasteiger partial charge in [0.25, 0.3) is 0 Å². The van der Waals surface area contributed by atoms with Crippen molar-refractivity contribution in [3.05, 3.63) is 28.2 Å². The number of carbonyl (C=O) groups is 1. The number of benzene rings is 1. The van der Waals surface area contributed by atoms with Gasteiger partial charge in [0.2, 0.25) is 0 Å². The molecule has 0 atom stereocenters. The third kappa shape index (κ3) is 5.61. The van der Waals surface area contributed by atoms with Crippen molar-refractivity contribution in [2.45, 2.75) is 32.8 Å². The molecule has 0 fully saturated rings. The first-order valence-electron chi connectivity index (χ1n) is 5.76. The van der Waals surface area contributed by atoms with Gasteiger partial charge >= 0.3 is 5.97 Å². The van der Waals surface area contributed by atoms with Crippen LogP contribution in [0.1, 0.15) is 26.7 Å². The smallest absolute Gasteiger partial charge is 0.306 e. The average molecular weight is 291 g/mol. The van der Waals surface area contributed by atoms with Crippen LogP contribution in [0.2, 0.25) is 10.0 Å². The van der Waals surface area contributed by atoms with Crippen LogP contribution in [-0.2, 0) is 9.53 Å². The Bertz CT molecular complexity index is 405. The Morgan fingerprint density at radius 3 is 2.67 bits per heavy atom. The van der Waals surface area contributed by atoms with Gasteiger partial charge < -0.3 is 9.47 Å². The molecule has 5 heteroatoms. The molecule has 0 aliphatic carbocycles. The predicted octanol–water partition coefficient (Wildman–Crippen LogP) is 4.10. The van der Waals surface area contributed by atoms with Gasteiger partial charge in [0.15, 0.2) is 0 Å². The zero-order valence-corrected chi connectivity index (χ0v) is 11.9. The van der Waals surface area contributed by atoms with Gasteiger partial charge in [-0.3, -0.25) is 4.79 Å². The lowest BCUT2D eigenvalue weighted by Crippen LogP contribution is -2.12. The van der Waals surface area contributed by atoms with Crippen molar-refractivity contribution in [3.8, 4) is 5.75 Å². The van der Waals surface area contributed by atoms with Crippen LogP contribution in [0.5, 0.6) is 5.75 Å². The van der Waals surface area contributed by atoms with Crippen LogP contribution in [0.4, 0.5) is 0 Å². The van der Waals surface area contributed by atoms with E-state index in [1.807, 2.05) is 13.8 Å². The van der Waals surface area contributed by atoms with E-state index >= 15 is 0 Å². The topological polar surface area (TPSA) is 35.5 Å². The Morgan fingerprint density at radius 2 is 2.06 bits per heavy atom. The average Bonchev–Trinajstić information content (AvgIpc) is 2.25. The summed E-state index contributed by atoms with van der Waals surface area (Å²) in [6.07, 6.45) is 0.845. The monoisotopic (exact) mass is 290 g/mol. The molecular weight excluding hydrogens is 275 g/mol. The summed E-state index contributed by atoms with van der Waals surface area (Å²) in [7, 11) is 0. The fourth-order valence-corrected chi connectivity index (χ4v) is 1.78. The number of hydrogen-bond acceptors (Lipinski definition) is 3. The molecule has 0 aromatic heterocycles. The Labute approximate surface area is 117 Å². The zero-order chi connectivity index (χ0) is 13.5. The van der Waals surface area contributed by atoms with Crippen LogP contribution < -0.4 is 4.74 Å². The molecule has 0 heterocycles. The molecule has 1 rings (SSSR count). The normalized spacial score (nSPS) is 10.5. The summed E-state index contributed by atoms with van der Waals surface area (Å²) >= 11 is 11.7. The van der Waals surface area contributed by atoms with Crippen molar-refractivity contribution in [2.24, 2.45) is 0 Å². The number of halogens is 2. The lowest BCUT2D eigenvalue weighted by Gasteiger charge is -2.09. The highest BCUT2D eigenvalue weighted by atomic mass is 35.5. The standard InChI is InChI=1S/C13H16Cl2O3/c1-9(2)18-13(16)4-3-7-17-12-6-5-10(14)8-11(12)15/h5-6,8-9H,3-4,7H2,1-2H3. The molecule has 0 amide bonds. The Hall–Kier alpha value is -0.930. The fourth-order valence-electron chi connectivity index (χ4n) is 1.31. The quantitative estimate of drug-likeness (QED) is 0.584. The van der Waals surface area contributed by atoms with E-state index in [0.717, 1.165) is 0 Å². The van der Waals surface area contributed by atoms with Crippen molar-refractivity contribution in [3.63, 3.8) is 0 Å². The van der Waals surface area contributed by atoms with E-state index in [-0.39, 0.29) is 12.1 Å². The first-order chi connectivity index (χ1) is 8.49. The summed E-state index contributed by atoms with van der Waals surface area (Å²) in [6.45, 7) is 4.05. The van der Waals surface area contributed by atoms with Gasteiger partial charge in [0, 0.05) is 11.4 Å². The van der Waals surface area contributed by atoms with E-state index in [4.69, 9.17) is 32.7 Å². The van der Waals surface area contributed by atoms with Gasteiger partial charge in [-0.1, -0.05) is 23.2 Å². The van der Waals surface area contributed by atoms with Crippen molar-refractivity contribution >= 4 is 29.2 Å². The van der Waals surface area contributed by atoms with Crippen LogP contribution in [0.3, 0.4) is 0 Å². The molecule has 0 saturated heterocycles. The summed E-state index contributed by atoms with van der Waals surface area (Å²) in [4.78, 5) is 11.3. The SMILES string of the molecule is CC(C)OC(=O)CCCOc1ccc(Cl)cc1Cl. The van der Waals surface area contributed by atoms with Crippen LogP contribution in [-0.4, -0.2) is 18.7 Å². The third-order valence-corrected chi connectivity index (χ3v) is 2.57. The maximum Gasteiger partial charge on any atom is 0.306 e. The first-order valence-corrected chi connectivity index (χ1v) is 6.52. The summed E-state index contributed by atoms with van der Waals surface area (Å²) in [5.74, 6) is 0.356. The van der Waals surface area contributed by atoms with E-state index in [1.54, 1.807) is 18.2 Å². The van der Waals surface area contributed by atoms with Crippen LogP contribution in [0.25, 0.3) is 0 Å². The van der Waals surface area contributed by atoms with Crippen molar-refractivity contribution < 1.29 is 14.3 Å². The molecule has 0 N–H and O–H groups in total. The predicted molar refractivity (Wildman–Crippen MR) is 72.4 cm³/mol. The van der Waals surface area contributed by atoms with Gasteiger partial charge in [-0.05, 0) is 38.5 Å². The molecule has 100 valence electrons. The largest absolute Gasteiger partial charge is 0.492 e. The van der Waals surface area contributed by atoms with Crippen molar-refractivity contribution in [1.29, 1.82) is 0 Å². The maximum atomic E-state index is 11.3. The lowest BCUT2D eigenvalue weighted by atomic mass is 10.3. The highest BCUT2D eigenvalue weighted by Gasteiger charge is 2.06. The molecule has 0 spiro atoms. The van der Waals surface area contributed by atoms with Gasteiger partial charge in [-0.2, -0.15) is 0 Å². The van der Waals surface area contributed by atoms with Gasteiger partial charge in [-0.15, -0.1) is 0 Å². The molecule has 0 aliphatic rings. The fraction of sp³-hybridized carbons (Fsp3) is 0.462. The molecule has 18 heavy (non-hydrogen) atoms. The molecule has 1 aromatic rings. The van der Waals surface area contributed by atoms with E-state index < -0.39 is 0 Å². The summed E-state index contributed by atoms with van der Waals surface area (Å²) in [5, 5.41) is 1.03. The number of ether oxygens (including phenoxy) is 2. The maximum absolute atomic E-state index is 11.3. The van der Waals surface area contributed by atoms with E-state index in [0.29, 0.717) is 35.2 Å². The minimum Gasteiger partial charge on any atom is -0.492 e. The van der Waals surface area contributed by atoms with E-state index in [1.165, 1.54) is 0 Å². The molecule has 0 radical (unpaired) electrons. The molecule has 3 nitrogen and oxygen atoms in total. The van der Waals surface area contributed by atoms with E-state index in [2.05, 4.69) is 0 Å². The Kier molecular flexibility index (Phi) is 6.30. The first kappa shape index (κ1) is 15.1. The highest BCUT2D eigenvalue weighted by molar-refractivity contribution is 6.35. The van der Waals surface area contributed by atoms with Crippen LogP contribution in [0.15, 0.2) is 18.2 Å². The number of esters is 1. The Balaban J connectivity index is 2.27. The molecule has 0 unspecified atom stereocenters. The Morgan fingerprint density at radius 1 is 1.33 bits per heavy atom. The third-order valence-electron chi connectivity index (χ3n) is 2.04. The number of carbonyl (C=O) groups excluding carboxylic acids is 1. The zero-order valence-electron chi connectivity index (χ0n) is 10.4. The molecule has 0 aliphatic heterocycles. The molecular formula is C13H16Cl2O3. The summed E-state index contributed by atoms with van der Waals surface area (Å²) in [5.41, 5.74) is 0. The summed E-state index contributed by atoms with van der Waals surface area (Å²) < 4.78 is 10.5. The lowest BCUT2D eigenvalue weighted by molar-refractivity contribution is -0.147. The number of hydrogen-bond donors (Lipinski definition) is 0. The second-order valence-corrected chi connectivity index (χ2v) is 4.91.